The zero-order valence-electron chi connectivity index (χ0n) is 21.5. The average molecular weight is 490 g/mol. The number of rotatable bonds is 4. The predicted octanol–water partition coefficient (Wildman–Crippen LogP) is 7.25. The Labute approximate surface area is 215 Å². The minimum absolute atomic E-state index is 0.0269. The van der Waals surface area contributed by atoms with Crippen molar-refractivity contribution in [3.8, 4) is 11.1 Å². The minimum Gasteiger partial charge on any atom is -0.464 e. The number of amides is 1. The van der Waals surface area contributed by atoms with E-state index in [2.05, 4.69) is 55.5 Å². The monoisotopic (exact) mass is 489 g/mol. The molecule has 1 unspecified atom stereocenters. The van der Waals surface area contributed by atoms with Gasteiger partial charge in [-0.25, -0.2) is 4.79 Å². The quantitative estimate of drug-likeness (QED) is 0.335. The summed E-state index contributed by atoms with van der Waals surface area (Å²) in [6.07, 6.45) is 12.2. The Balaban J connectivity index is 1.47. The SMILES string of the molecule is CCCC1CCCC/C=C\CCCC(=O)OCCN1C(=O)OCC1c2ccccc2-c2ccccc21. The van der Waals surface area contributed by atoms with E-state index in [-0.39, 0.29) is 30.6 Å². The van der Waals surface area contributed by atoms with Crippen LogP contribution in [0.2, 0.25) is 0 Å². The molecule has 0 fully saturated rings. The van der Waals surface area contributed by atoms with Crippen molar-refractivity contribution < 1.29 is 19.1 Å². The molecule has 0 spiro atoms. The van der Waals surface area contributed by atoms with Gasteiger partial charge in [-0.2, -0.15) is 0 Å². The van der Waals surface area contributed by atoms with Gasteiger partial charge in [-0.3, -0.25) is 4.79 Å². The summed E-state index contributed by atoms with van der Waals surface area (Å²) in [7, 11) is 0. The second-order valence-corrected chi connectivity index (χ2v) is 9.81. The molecule has 192 valence electrons. The molecule has 0 radical (unpaired) electrons. The number of hydrogen-bond acceptors (Lipinski definition) is 4. The smallest absolute Gasteiger partial charge is 0.410 e. The lowest BCUT2D eigenvalue weighted by atomic mass is 9.98. The third kappa shape index (κ3) is 6.57. The van der Waals surface area contributed by atoms with E-state index in [1.54, 1.807) is 0 Å². The van der Waals surface area contributed by atoms with Gasteiger partial charge in [-0.05, 0) is 60.8 Å². The number of benzene rings is 2. The summed E-state index contributed by atoms with van der Waals surface area (Å²) < 4.78 is 11.5. The lowest BCUT2D eigenvalue weighted by molar-refractivity contribution is -0.144. The van der Waals surface area contributed by atoms with Gasteiger partial charge in [-0.1, -0.05) is 80.4 Å². The predicted molar refractivity (Wildman–Crippen MR) is 143 cm³/mol. The molecule has 1 aliphatic heterocycles. The van der Waals surface area contributed by atoms with E-state index in [1.807, 2.05) is 17.0 Å². The first-order valence-electron chi connectivity index (χ1n) is 13.6. The van der Waals surface area contributed by atoms with Crippen LogP contribution in [0.15, 0.2) is 60.7 Å². The maximum Gasteiger partial charge on any atom is 0.410 e. The number of cyclic esters (lactones) is 1. The Morgan fingerprint density at radius 3 is 2.33 bits per heavy atom. The molecule has 5 heteroatoms. The van der Waals surface area contributed by atoms with Gasteiger partial charge >= 0.3 is 12.1 Å². The molecule has 2 aromatic rings. The number of carbonyl (C=O) groups is 2. The minimum atomic E-state index is -0.310. The molecule has 2 aliphatic rings. The molecular formula is C31H39NO4. The first-order chi connectivity index (χ1) is 17.7. The molecular weight excluding hydrogens is 450 g/mol. The van der Waals surface area contributed by atoms with Gasteiger partial charge < -0.3 is 14.4 Å². The van der Waals surface area contributed by atoms with Crippen molar-refractivity contribution in [3.05, 3.63) is 71.8 Å². The summed E-state index contributed by atoms with van der Waals surface area (Å²) in [6.45, 7) is 3.02. The van der Waals surface area contributed by atoms with Gasteiger partial charge in [0.2, 0.25) is 0 Å². The standard InChI is InChI=1S/C31H39NO4/c1-2-14-24-15-8-6-4-3-5-7-9-20-30(33)35-22-21-32(24)31(34)36-23-29-27-18-12-10-16-25(27)26-17-11-13-19-28(26)29/h3,5,10-13,16-19,24,29H,2,4,6-9,14-15,20-23H2,1H3/b5-3-. The summed E-state index contributed by atoms with van der Waals surface area (Å²) in [5.74, 6) is -0.170. The maximum absolute atomic E-state index is 13.5. The van der Waals surface area contributed by atoms with Crippen molar-refractivity contribution in [3.63, 3.8) is 0 Å². The molecule has 1 heterocycles. The zero-order valence-corrected chi connectivity index (χ0v) is 21.5. The van der Waals surface area contributed by atoms with Gasteiger partial charge in [0.1, 0.15) is 13.2 Å². The number of fused-ring (bicyclic) bond motifs is 3. The molecule has 5 nitrogen and oxygen atoms in total. The number of esters is 1. The Hall–Kier alpha value is -3.08. The van der Waals surface area contributed by atoms with Crippen LogP contribution in [-0.4, -0.2) is 42.8 Å². The summed E-state index contributed by atoms with van der Waals surface area (Å²) >= 11 is 0. The van der Waals surface area contributed by atoms with Gasteiger partial charge in [0.25, 0.3) is 0 Å². The highest BCUT2D eigenvalue weighted by Gasteiger charge is 2.31. The van der Waals surface area contributed by atoms with Crippen molar-refractivity contribution >= 4 is 12.1 Å². The Bertz CT molecular complexity index is 1000. The lowest BCUT2D eigenvalue weighted by Gasteiger charge is -2.31. The molecule has 0 saturated heterocycles. The van der Waals surface area contributed by atoms with Crippen molar-refractivity contribution in [2.24, 2.45) is 0 Å². The highest BCUT2D eigenvalue weighted by atomic mass is 16.6. The Morgan fingerprint density at radius 1 is 0.972 bits per heavy atom. The van der Waals surface area contributed by atoms with Gasteiger partial charge in [0.05, 0.1) is 6.54 Å². The fourth-order valence-electron chi connectivity index (χ4n) is 5.46. The van der Waals surface area contributed by atoms with Crippen molar-refractivity contribution in [1.29, 1.82) is 0 Å². The summed E-state index contributed by atoms with van der Waals surface area (Å²) in [6, 6.07) is 16.8. The van der Waals surface area contributed by atoms with E-state index in [1.165, 1.54) is 22.3 Å². The second kappa shape index (κ2) is 13.3. The molecule has 1 aliphatic carbocycles. The van der Waals surface area contributed by atoms with Crippen molar-refractivity contribution in [1.82, 2.24) is 4.90 Å². The van der Waals surface area contributed by atoms with Crippen LogP contribution in [0.1, 0.15) is 81.8 Å². The van der Waals surface area contributed by atoms with Crippen LogP contribution in [-0.2, 0) is 14.3 Å². The Morgan fingerprint density at radius 2 is 1.64 bits per heavy atom. The molecule has 0 aromatic heterocycles. The normalized spacial score (nSPS) is 20.4. The largest absolute Gasteiger partial charge is 0.464 e. The van der Waals surface area contributed by atoms with E-state index < -0.39 is 0 Å². The van der Waals surface area contributed by atoms with Crippen molar-refractivity contribution in [2.75, 3.05) is 19.8 Å². The van der Waals surface area contributed by atoms with Crippen LogP contribution >= 0.6 is 0 Å². The van der Waals surface area contributed by atoms with E-state index in [0.717, 1.165) is 51.4 Å². The number of hydrogen-bond donors (Lipinski definition) is 0. The average Bonchev–Trinajstić information content (AvgIpc) is 3.21. The number of nitrogens with zero attached hydrogens (tertiary/aromatic N) is 1. The van der Waals surface area contributed by atoms with E-state index >= 15 is 0 Å². The molecule has 0 N–H and O–H groups in total. The van der Waals surface area contributed by atoms with Gasteiger partial charge in [-0.15, -0.1) is 0 Å². The third-order valence-corrected chi connectivity index (χ3v) is 7.30. The van der Waals surface area contributed by atoms with E-state index in [4.69, 9.17) is 9.47 Å². The molecule has 4 rings (SSSR count). The first kappa shape index (κ1) is 26.0. The third-order valence-electron chi connectivity index (χ3n) is 7.30. The summed E-state index contributed by atoms with van der Waals surface area (Å²) in [5.41, 5.74) is 4.84. The van der Waals surface area contributed by atoms with Crippen LogP contribution in [0.25, 0.3) is 11.1 Å². The molecule has 1 atom stereocenters. The number of carbonyl (C=O) groups excluding carboxylic acids is 2. The topological polar surface area (TPSA) is 55.8 Å². The number of allylic oxidation sites excluding steroid dienone is 2. The summed E-state index contributed by atoms with van der Waals surface area (Å²) in [4.78, 5) is 27.5. The van der Waals surface area contributed by atoms with Crippen LogP contribution in [0.5, 0.6) is 0 Å². The maximum atomic E-state index is 13.5. The van der Waals surface area contributed by atoms with Crippen LogP contribution in [0.3, 0.4) is 0 Å². The molecule has 2 aromatic carbocycles. The fourth-order valence-corrected chi connectivity index (χ4v) is 5.46. The zero-order chi connectivity index (χ0) is 25.2. The van der Waals surface area contributed by atoms with Gasteiger partial charge in [0, 0.05) is 18.4 Å². The first-order valence-corrected chi connectivity index (χ1v) is 13.6. The highest BCUT2D eigenvalue weighted by molar-refractivity contribution is 5.79. The molecule has 1 amide bonds. The molecule has 36 heavy (non-hydrogen) atoms. The van der Waals surface area contributed by atoms with Crippen LogP contribution in [0.4, 0.5) is 4.79 Å². The fraction of sp³-hybridized carbons (Fsp3) is 0.484. The highest BCUT2D eigenvalue weighted by Crippen LogP contribution is 2.44. The van der Waals surface area contributed by atoms with Crippen LogP contribution in [0, 0.1) is 0 Å². The molecule has 0 bridgehead atoms. The van der Waals surface area contributed by atoms with Crippen LogP contribution < -0.4 is 0 Å². The van der Waals surface area contributed by atoms with Gasteiger partial charge in [0.15, 0.2) is 0 Å². The number of ether oxygens (including phenoxy) is 2. The Kier molecular flexibility index (Phi) is 9.60. The van der Waals surface area contributed by atoms with E-state index in [0.29, 0.717) is 19.6 Å². The van der Waals surface area contributed by atoms with E-state index in [9.17, 15) is 9.59 Å². The molecule has 0 saturated carbocycles. The summed E-state index contributed by atoms with van der Waals surface area (Å²) in [5, 5.41) is 0. The second-order valence-electron chi connectivity index (χ2n) is 9.81. The lowest BCUT2D eigenvalue weighted by Crippen LogP contribution is -2.43. The van der Waals surface area contributed by atoms with Crippen molar-refractivity contribution in [2.45, 2.75) is 76.7 Å².